The van der Waals surface area contributed by atoms with E-state index in [9.17, 15) is 28.0 Å². The summed E-state index contributed by atoms with van der Waals surface area (Å²) in [6.45, 7) is 0. The van der Waals surface area contributed by atoms with E-state index in [1.54, 1.807) is 0 Å². The monoisotopic (exact) mass is 578 g/mol. The molecule has 0 heterocycles. The molecule has 0 radical (unpaired) electrons. The molecular weight excluding hydrogens is 558 g/mol. The molecule has 0 aromatic heterocycles. The van der Waals surface area contributed by atoms with Crippen molar-refractivity contribution in [2.75, 3.05) is 0 Å². The highest BCUT2D eigenvalue weighted by Gasteiger charge is 2.10. The van der Waals surface area contributed by atoms with Gasteiger partial charge in [0.2, 0.25) is 0 Å². The fourth-order valence-corrected chi connectivity index (χ4v) is 2.42. The fraction of sp³-hybridized carbons (Fsp3) is 0.182. The predicted octanol–water partition coefficient (Wildman–Crippen LogP) is 6.32. The average molecular weight is 580 g/mol. The average Bonchev–Trinajstić information content (AvgIpc) is 2.68. The summed E-state index contributed by atoms with van der Waals surface area (Å²) in [5.74, 6) is -4.28. The van der Waals surface area contributed by atoms with Gasteiger partial charge in [0.25, 0.3) is 0 Å². The number of ketones is 2. The zero-order valence-electron chi connectivity index (χ0n) is 15.1. The second-order valence-electron chi connectivity index (χ2n) is 5.61. The first-order chi connectivity index (χ1) is 14.0. The molecular formula is C22H22Br2F2O6. The number of allylic oxidation sites excluding steroid dienone is 1. The minimum Gasteiger partial charge on any atom is -0.481 e. The number of Topliss-reactive ketones (excluding diaryl/α,β-unsaturated/α-hetero) is 1. The van der Waals surface area contributed by atoms with Gasteiger partial charge in [-0.25, -0.2) is 13.6 Å². The molecule has 6 nitrogen and oxygen atoms in total. The lowest BCUT2D eigenvalue weighted by Gasteiger charge is -2.00. The van der Waals surface area contributed by atoms with Crippen LogP contribution in [-0.4, -0.2) is 33.7 Å². The fourth-order valence-electron chi connectivity index (χ4n) is 1.93. The minimum absolute atomic E-state index is 0. The normalized spacial score (nSPS) is 9.62. The highest BCUT2D eigenvalue weighted by atomic mass is 79.9. The van der Waals surface area contributed by atoms with Crippen LogP contribution in [0.25, 0.3) is 0 Å². The molecule has 0 spiro atoms. The molecule has 0 aliphatic rings. The lowest BCUT2D eigenvalue weighted by molar-refractivity contribution is -0.137. The van der Waals surface area contributed by atoms with Crippen molar-refractivity contribution < 1.29 is 38.2 Å². The SMILES string of the molecule is C.C.O=C(O)/C=C/C(=O)c1ccc(Br)c(F)c1.O=C(O)CCC(=O)c1ccc(Br)c(F)c1. The first kappa shape index (κ1) is 31.5. The van der Waals surface area contributed by atoms with Gasteiger partial charge in [-0.1, -0.05) is 20.9 Å². The third kappa shape index (κ3) is 11.1. The Hall–Kier alpha value is -2.72. The van der Waals surface area contributed by atoms with Crippen LogP contribution in [0.15, 0.2) is 57.5 Å². The summed E-state index contributed by atoms with van der Waals surface area (Å²) in [5, 5.41) is 16.7. The Morgan fingerprint density at radius 2 is 1.25 bits per heavy atom. The number of rotatable bonds is 7. The van der Waals surface area contributed by atoms with Gasteiger partial charge in [-0.3, -0.25) is 14.4 Å². The molecule has 0 fully saturated rings. The van der Waals surface area contributed by atoms with E-state index in [4.69, 9.17) is 10.2 Å². The first-order valence-corrected chi connectivity index (χ1v) is 9.70. The third-order valence-electron chi connectivity index (χ3n) is 3.39. The van der Waals surface area contributed by atoms with Gasteiger partial charge in [-0.2, -0.15) is 0 Å². The van der Waals surface area contributed by atoms with Crippen LogP contribution < -0.4 is 0 Å². The summed E-state index contributed by atoms with van der Waals surface area (Å²) < 4.78 is 26.5. The number of benzene rings is 2. The van der Waals surface area contributed by atoms with E-state index in [1.165, 1.54) is 24.3 Å². The van der Waals surface area contributed by atoms with Crippen LogP contribution in [0, 0.1) is 11.6 Å². The van der Waals surface area contributed by atoms with Gasteiger partial charge in [0.15, 0.2) is 11.6 Å². The van der Waals surface area contributed by atoms with Gasteiger partial charge in [0, 0.05) is 23.6 Å². The molecule has 0 saturated carbocycles. The summed E-state index contributed by atoms with van der Waals surface area (Å²) in [7, 11) is 0. The van der Waals surface area contributed by atoms with E-state index < -0.39 is 29.4 Å². The lowest BCUT2D eigenvalue weighted by Crippen LogP contribution is -2.04. The van der Waals surface area contributed by atoms with E-state index in [2.05, 4.69) is 31.9 Å². The standard InChI is InChI=1S/C10H8BrFO3.C10H6BrFO3.2CH4/c2*11-7-2-1-6(5-8(7)12)9(13)3-4-10(14)15;;/h1-2,5H,3-4H2,(H,14,15);1-5H,(H,14,15);2*1H4/b;4-3+;;. The van der Waals surface area contributed by atoms with Crippen LogP contribution in [0.1, 0.15) is 48.4 Å². The maximum atomic E-state index is 13.0. The van der Waals surface area contributed by atoms with Crippen LogP contribution in [-0.2, 0) is 9.59 Å². The molecule has 0 bridgehead atoms. The lowest BCUT2D eigenvalue weighted by atomic mass is 10.1. The van der Waals surface area contributed by atoms with Crippen molar-refractivity contribution in [2.45, 2.75) is 27.7 Å². The summed E-state index contributed by atoms with van der Waals surface area (Å²) >= 11 is 5.90. The Balaban J connectivity index is 0. The number of carboxylic acid groups (broad SMARTS) is 2. The van der Waals surface area contributed by atoms with Gasteiger partial charge >= 0.3 is 11.9 Å². The quantitative estimate of drug-likeness (QED) is 0.293. The Bertz CT molecular complexity index is 1010. The summed E-state index contributed by atoms with van der Waals surface area (Å²) in [6, 6.07) is 7.80. The van der Waals surface area contributed by atoms with Crippen molar-refractivity contribution in [1.29, 1.82) is 0 Å². The van der Waals surface area contributed by atoms with Crippen molar-refractivity contribution in [2.24, 2.45) is 0 Å². The summed E-state index contributed by atoms with van der Waals surface area (Å²) in [4.78, 5) is 43.0. The zero-order valence-corrected chi connectivity index (χ0v) is 18.2. The van der Waals surface area contributed by atoms with Crippen LogP contribution in [0.4, 0.5) is 8.78 Å². The highest BCUT2D eigenvalue weighted by molar-refractivity contribution is 9.10. The van der Waals surface area contributed by atoms with Crippen molar-refractivity contribution in [3.8, 4) is 0 Å². The van der Waals surface area contributed by atoms with Gasteiger partial charge in [0.05, 0.1) is 15.4 Å². The van der Waals surface area contributed by atoms with Crippen molar-refractivity contribution in [3.05, 3.63) is 80.3 Å². The molecule has 0 atom stereocenters. The summed E-state index contributed by atoms with van der Waals surface area (Å²) in [5.41, 5.74) is 0.296. The number of hydrogen-bond donors (Lipinski definition) is 2. The van der Waals surface area contributed by atoms with E-state index in [-0.39, 0.29) is 53.6 Å². The van der Waals surface area contributed by atoms with Crippen LogP contribution >= 0.6 is 31.9 Å². The third-order valence-corrected chi connectivity index (χ3v) is 4.68. The van der Waals surface area contributed by atoms with Gasteiger partial charge in [-0.15, -0.1) is 0 Å². The zero-order chi connectivity index (χ0) is 22.8. The second-order valence-corrected chi connectivity index (χ2v) is 7.32. The number of halogens is 4. The maximum Gasteiger partial charge on any atom is 0.328 e. The molecule has 10 heteroatoms. The molecule has 174 valence electrons. The Morgan fingerprint density at radius 3 is 1.69 bits per heavy atom. The van der Waals surface area contributed by atoms with Crippen LogP contribution in [0.3, 0.4) is 0 Å². The Labute approximate surface area is 201 Å². The largest absolute Gasteiger partial charge is 0.481 e. The molecule has 0 amide bonds. The van der Waals surface area contributed by atoms with E-state index in [1.807, 2.05) is 0 Å². The molecule has 2 aromatic carbocycles. The number of carboxylic acids is 2. The highest BCUT2D eigenvalue weighted by Crippen LogP contribution is 2.18. The van der Waals surface area contributed by atoms with Crippen LogP contribution in [0.5, 0.6) is 0 Å². The van der Waals surface area contributed by atoms with Crippen molar-refractivity contribution in [1.82, 2.24) is 0 Å². The van der Waals surface area contributed by atoms with Crippen molar-refractivity contribution in [3.63, 3.8) is 0 Å². The van der Waals surface area contributed by atoms with Gasteiger partial charge in [-0.05, 0) is 68.3 Å². The number of carbonyl (C=O) groups excluding carboxylic acids is 2. The van der Waals surface area contributed by atoms with E-state index in [0.717, 1.165) is 18.2 Å². The number of aliphatic carboxylic acids is 2. The molecule has 0 aliphatic heterocycles. The van der Waals surface area contributed by atoms with Gasteiger partial charge < -0.3 is 10.2 Å². The topological polar surface area (TPSA) is 109 Å². The van der Waals surface area contributed by atoms with E-state index >= 15 is 0 Å². The molecule has 2 rings (SSSR count). The van der Waals surface area contributed by atoms with Crippen molar-refractivity contribution >= 4 is 55.4 Å². The molecule has 0 unspecified atom stereocenters. The molecule has 0 saturated heterocycles. The smallest absolute Gasteiger partial charge is 0.328 e. The number of hydrogen-bond acceptors (Lipinski definition) is 4. The molecule has 32 heavy (non-hydrogen) atoms. The Kier molecular flexibility index (Phi) is 14.9. The maximum absolute atomic E-state index is 13.0. The minimum atomic E-state index is -1.22. The second kappa shape index (κ2) is 15.1. The summed E-state index contributed by atoms with van der Waals surface area (Å²) in [6.07, 6.45) is 1.24. The predicted molar refractivity (Wildman–Crippen MR) is 124 cm³/mol. The molecule has 2 N–H and O–H groups in total. The number of carbonyl (C=O) groups is 4. The first-order valence-electron chi connectivity index (χ1n) is 8.11. The molecule has 2 aromatic rings. The van der Waals surface area contributed by atoms with E-state index in [0.29, 0.717) is 6.08 Å². The Morgan fingerprint density at radius 1 is 0.781 bits per heavy atom. The molecule has 0 aliphatic carbocycles. The van der Waals surface area contributed by atoms with Gasteiger partial charge in [0.1, 0.15) is 11.6 Å². The van der Waals surface area contributed by atoms with Crippen LogP contribution in [0.2, 0.25) is 0 Å².